The summed E-state index contributed by atoms with van der Waals surface area (Å²) in [6.07, 6.45) is -21.7. The zero-order valence-electron chi connectivity index (χ0n) is 15.5. The van der Waals surface area contributed by atoms with Gasteiger partial charge in [0.05, 0.1) is 0 Å². The van der Waals surface area contributed by atoms with Gasteiger partial charge in [-0.15, -0.1) is 52.7 Å². The van der Waals surface area contributed by atoms with Gasteiger partial charge in [0.15, 0.2) is 0 Å². The van der Waals surface area contributed by atoms with Crippen LogP contribution >= 0.6 is 7.80 Å². The van der Waals surface area contributed by atoms with Crippen LogP contribution in [0.15, 0.2) is 36.4 Å². The van der Waals surface area contributed by atoms with E-state index in [-0.39, 0.29) is 36.4 Å². The van der Waals surface area contributed by atoms with E-state index in [9.17, 15) is 57.3 Å². The molecule has 0 aliphatic carbocycles. The Balaban J connectivity index is 2.58. The van der Waals surface area contributed by atoms with E-state index in [0.717, 1.165) is 0 Å². The van der Waals surface area contributed by atoms with Crippen LogP contribution in [0.4, 0.5) is 52.7 Å². The first-order valence-corrected chi connectivity index (χ1v) is 9.25. The number of benzene rings is 2. The van der Waals surface area contributed by atoms with E-state index >= 15 is 0 Å². The maximum absolute atomic E-state index is 12.7. The largest absolute Gasteiger partial charge is 0.573 e. The monoisotopic (exact) mass is 537 g/mol. The van der Waals surface area contributed by atoms with Crippen LogP contribution in [0.25, 0.3) is 0 Å². The van der Waals surface area contributed by atoms with Crippen molar-refractivity contribution in [3.8, 4) is 23.0 Å². The van der Waals surface area contributed by atoms with E-state index in [1.807, 2.05) is 0 Å². The van der Waals surface area contributed by atoms with Crippen LogP contribution in [0, 0.1) is 0 Å². The first kappa shape index (κ1) is 27.1. The van der Waals surface area contributed by atoms with Crippen molar-refractivity contribution in [2.24, 2.45) is 0 Å². The number of halogens is 12. The van der Waals surface area contributed by atoms with Crippen LogP contribution in [0.5, 0.6) is 23.0 Å². The van der Waals surface area contributed by atoms with E-state index in [4.69, 9.17) is 0 Å². The number of hydrogen-bond acceptors (Lipinski definition) is 5. The zero-order chi connectivity index (χ0) is 26.1. The third-order valence-corrected chi connectivity index (χ3v) is 4.59. The summed E-state index contributed by atoms with van der Waals surface area (Å²) in [5.74, 6) is -5.49. The topological polar surface area (TPSA) is 54.0 Å². The highest BCUT2D eigenvalue weighted by Crippen LogP contribution is 2.35. The summed E-state index contributed by atoms with van der Waals surface area (Å²) in [4.78, 5) is 0. The Hall–Kier alpha value is -3.10. The molecule has 2 aromatic rings. The fourth-order valence-corrected chi connectivity index (χ4v) is 3.54. The molecule has 34 heavy (non-hydrogen) atoms. The van der Waals surface area contributed by atoms with E-state index in [0.29, 0.717) is 0 Å². The van der Waals surface area contributed by atoms with E-state index in [1.165, 1.54) is 0 Å². The molecule has 0 fully saturated rings. The van der Waals surface area contributed by atoms with Crippen LogP contribution < -0.4 is 29.6 Å². The molecule has 0 amide bonds. The lowest BCUT2D eigenvalue weighted by Gasteiger charge is -2.13. The maximum Gasteiger partial charge on any atom is 0.573 e. The Labute approximate surface area is 180 Å². The molecule has 0 heterocycles. The molecule has 2 rings (SSSR count). The minimum atomic E-state index is -5.44. The van der Waals surface area contributed by atoms with Gasteiger partial charge in [-0.25, -0.2) is 0 Å². The third-order valence-electron chi connectivity index (χ3n) is 3.13. The molecule has 2 aromatic carbocycles. The lowest BCUT2D eigenvalue weighted by Crippen LogP contribution is -2.21. The molecule has 0 N–H and O–H groups in total. The van der Waals surface area contributed by atoms with E-state index < -0.39 is 66.9 Å². The van der Waals surface area contributed by atoms with Gasteiger partial charge in [0, 0.05) is 36.4 Å². The Morgan fingerprint density at radius 2 is 0.647 bits per heavy atom. The van der Waals surface area contributed by atoms with Crippen LogP contribution in [-0.4, -0.2) is 25.4 Å². The molecule has 188 valence electrons. The summed E-state index contributed by atoms with van der Waals surface area (Å²) < 4.78 is 176. The predicted octanol–water partition coefficient (Wildman–Crippen LogP) is 6.06. The highest BCUT2D eigenvalue weighted by Gasteiger charge is 2.38. The van der Waals surface area contributed by atoms with Gasteiger partial charge < -0.3 is 18.9 Å². The number of alkyl halides is 12. The summed E-state index contributed by atoms with van der Waals surface area (Å²) in [6.45, 7) is 0. The van der Waals surface area contributed by atoms with Crippen LogP contribution in [-0.2, 0) is 4.57 Å². The van der Waals surface area contributed by atoms with Crippen molar-refractivity contribution in [2.75, 3.05) is 0 Å². The van der Waals surface area contributed by atoms with Gasteiger partial charge in [-0.3, -0.25) is 0 Å². The average molecular weight is 537 g/mol. The van der Waals surface area contributed by atoms with Crippen LogP contribution in [0.3, 0.4) is 0 Å². The molecule has 0 atom stereocenters. The summed E-state index contributed by atoms with van der Waals surface area (Å²) in [5.41, 5.74) is 0. The number of hydrogen-bond donors (Lipinski definition) is 0. The smallest absolute Gasteiger partial charge is 0.405 e. The number of ether oxygens (including phenoxy) is 4. The molecular formula is C16H6F12O5P+. The molecule has 0 radical (unpaired) electrons. The number of rotatable bonds is 6. The fourth-order valence-electron chi connectivity index (χ4n) is 2.27. The zero-order valence-corrected chi connectivity index (χ0v) is 16.4. The summed E-state index contributed by atoms with van der Waals surface area (Å²) in [6, 6.07) is 1.37. The second-order valence-electron chi connectivity index (χ2n) is 5.81. The van der Waals surface area contributed by atoms with Crippen molar-refractivity contribution in [2.45, 2.75) is 25.4 Å². The normalized spacial score (nSPS) is 12.8. The Morgan fingerprint density at radius 3 is 0.824 bits per heavy atom. The highest BCUT2D eigenvalue weighted by atomic mass is 31.1. The molecule has 18 heteroatoms. The highest BCUT2D eigenvalue weighted by molar-refractivity contribution is 7.61. The molecule has 0 aromatic heterocycles. The van der Waals surface area contributed by atoms with E-state index in [2.05, 4.69) is 18.9 Å². The molecule has 5 nitrogen and oxygen atoms in total. The summed E-state index contributed by atoms with van der Waals surface area (Å²) in [7, 11) is -3.44. The summed E-state index contributed by atoms with van der Waals surface area (Å²) in [5, 5.41) is -1.89. The van der Waals surface area contributed by atoms with Gasteiger partial charge in [-0.05, 0) is 0 Å². The minimum Gasteiger partial charge on any atom is -0.405 e. The van der Waals surface area contributed by atoms with Gasteiger partial charge in [-0.1, -0.05) is 4.57 Å². The predicted molar refractivity (Wildman–Crippen MR) is 86.5 cm³/mol. The van der Waals surface area contributed by atoms with Gasteiger partial charge in [-0.2, -0.15) is 0 Å². The van der Waals surface area contributed by atoms with Crippen LogP contribution in [0.1, 0.15) is 0 Å². The second kappa shape index (κ2) is 9.27. The van der Waals surface area contributed by atoms with Gasteiger partial charge >= 0.3 is 33.3 Å². The quantitative estimate of drug-likeness (QED) is 0.332. The molecule has 0 bridgehead atoms. The SMILES string of the molecule is O=[P+](c1cc(OC(F)(F)F)cc(OC(F)(F)F)c1)c1cc(OC(F)(F)F)cc(OC(F)(F)F)c1. The van der Waals surface area contributed by atoms with Crippen molar-refractivity contribution >= 4 is 18.4 Å². The van der Waals surface area contributed by atoms with Crippen molar-refractivity contribution < 1.29 is 76.2 Å². The first-order valence-electron chi connectivity index (χ1n) is 7.99. The summed E-state index contributed by atoms with van der Waals surface area (Å²) >= 11 is 0. The third kappa shape index (κ3) is 9.41. The van der Waals surface area contributed by atoms with Crippen molar-refractivity contribution in [1.29, 1.82) is 0 Å². The Kier molecular flexibility index (Phi) is 7.40. The molecule has 0 unspecified atom stereocenters. The van der Waals surface area contributed by atoms with Crippen molar-refractivity contribution in [1.82, 2.24) is 0 Å². The van der Waals surface area contributed by atoms with Gasteiger partial charge in [0.2, 0.25) is 10.6 Å². The first-order chi connectivity index (χ1) is 15.2. The average Bonchev–Trinajstić information content (AvgIpc) is 2.54. The van der Waals surface area contributed by atoms with Crippen molar-refractivity contribution in [3.63, 3.8) is 0 Å². The maximum atomic E-state index is 12.7. The molecular weight excluding hydrogens is 531 g/mol. The minimum absolute atomic E-state index is 0.106. The van der Waals surface area contributed by atoms with Crippen LogP contribution in [0.2, 0.25) is 0 Å². The lowest BCUT2D eigenvalue weighted by molar-refractivity contribution is -0.278. The molecule has 0 aliphatic heterocycles. The Morgan fingerprint density at radius 1 is 0.441 bits per heavy atom. The lowest BCUT2D eigenvalue weighted by atomic mass is 10.3. The van der Waals surface area contributed by atoms with Gasteiger partial charge in [0.25, 0.3) is 0 Å². The molecule has 0 saturated heterocycles. The molecule has 0 aliphatic rings. The fraction of sp³-hybridized carbons (Fsp3) is 0.250. The van der Waals surface area contributed by atoms with E-state index in [1.54, 1.807) is 0 Å². The standard InChI is InChI=1S/C16H6F12O5P/c17-13(18,19)30-7-1-8(31-14(20,21)22)4-11(3-7)34(29)12-5-9(32-15(23,24)25)2-10(6-12)33-16(26,27)28/h1-6H/q+1. The Bertz CT molecular complexity index is 893. The van der Waals surface area contributed by atoms with Gasteiger partial charge in [0.1, 0.15) is 23.0 Å². The van der Waals surface area contributed by atoms with Crippen molar-refractivity contribution in [3.05, 3.63) is 36.4 Å². The molecule has 0 spiro atoms. The molecule has 0 saturated carbocycles. The second-order valence-corrected chi connectivity index (χ2v) is 7.43.